The molecule has 4 rings (SSSR count). The Labute approximate surface area is 218 Å². The number of rotatable bonds is 13. The highest BCUT2D eigenvalue weighted by Gasteiger charge is 2.17. The molecular weight excluding hydrogens is 492 g/mol. The van der Waals surface area contributed by atoms with Crippen molar-refractivity contribution in [2.24, 2.45) is 5.92 Å². The van der Waals surface area contributed by atoms with Gasteiger partial charge in [-0.15, -0.1) is 0 Å². The summed E-state index contributed by atoms with van der Waals surface area (Å²) >= 11 is 0. The van der Waals surface area contributed by atoms with Gasteiger partial charge in [0.15, 0.2) is 11.2 Å². The molecule has 2 aromatic carbocycles. The second-order valence-corrected chi connectivity index (χ2v) is 8.94. The van der Waals surface area contributed by atoms with E-state index >= 15 is 0 Å². The third-order valence-corrected chi connectivity index (χ3v) is 6.16. The molecule has 0 saturated heterocycles. The van der Waals surface area contributed by atoms with Gasteiger partial charge in [-0.25, -0.2) is 4.98 Å². The van der Waals surface area contributed by atoms with Crippen molar-refractivity contribution < 1.29 is 19.3 Å². The minimum atomic E-state index is -0.435. The van der Waals surface area contributed by atoms with E-state index in [-0.39, 0.29) is 30.6 Å². The van der Waals surface area contributed by atoms with Crippen LogP contribution in [0, 0.1) is 26.1 Å². The van der Waals surface area contributed by atoms with E-state index in [0.717, 1.165) is 24.1 Å². The normalized spacial score (nSPS) is 11.8. The van der Waals surface area contributed by atoms with E-state index in [1.807, 2.05) is 4.57 Å². The van der Waals surface area contributed by atoms with E-state index in [4.69, 9.17) is 9.47 Å². The molecule has 2 heterocycles. The number of hydrogen-bond donors (Lipinski definition) is 0. The monoisotopic (exact) mass is 520 g/mol. The predicted molar refractivity (Wildman–Crippen MR) is 139 cm³/mol. The van der Waals surface area contributed by atoms with Gasteiger partial charge in [0.2, 0.25) is 5.88 Å². The molecular formula is C26H28N6O6. The molecule has 0 aliphatic heterocycles. The molecule has 0 saturated carbocycles. The number of fused-ring (bicyclic) bond motifs is 1. The smallest absolute Gasteiger partial charge is 0.321 e. The number of ether oxygens (including phenoxy) is 2. The summed E-state index contributed by atoms with van der Waals surface area (Å²) in [5, 5.41) is 21.7. The van der Waals surface area contributed by atoms with Gasteiger partial charge in [0.05, 0.1) is 29.4 Å². The summed E-state index contributed by atoms with van der Waals surface area (Å²) in [5.74, 6) is 0.713. The van der Waals surface area contributed by atoms with Gasteiger partial charge < -0.3 is 14.0 Å². The van der Waals surface area contributed by atoms with Crippen LogP contribution in [0.15, 0.2) is 54.9 Å². The molecule has 0 N–H and O–H groups in total. The Morgan fingerprint density at radius 2 is 1.42 bits per heavy atom. The summed E-state index contributed by atoms with van der Waals surface area (Å²) in [6, 6.07) is 12.8. The van der Waals surface area contributed by atoms with Crippen molar-refractivity contribution in [3.05, 3.63) is 86.2 Å². The van der Waals surface area contributed by atoms with E-state index in [2.05, 4.69) is 28.8 Å². The lowest BCUT2D eigenvalue weighted by Crippen LogP contribution is -2.10. The molecule has 12 heteroatoms. The lowest BCUT2D eigenvalue weighted by atomic mass is 10.1. The van der Waals surface area contributed by atoms with Crippen molar-refractivity contribution in [2.45, 2.75) is 39.7 Å². The first-order chi connectivity index (χ1) is 18.3. The lowest BCUT2D eigenvalue weighted by Gasteiger charge is -2.12. The molecule has 0 aliphatic rings. The van der Waals surface area contributed by atoms with Crippen LogP contribution in [0.5, 0.6) is 11.9 Å². The van der Waals surface area contributed by atoms with Crippen LogP contribution in [-0.2, 0) is 19.4 Å². The molecule has 0 fully saturated rings. The van der Waals surface area contributed by atoms with Gasteiger partial charge in [-0.05, 0) is 17.0 Å². The third kappa shape index (κ3) is 6.58. The van der Waals surface area contributed by atoms with Crippen LogP contribution < -0.4 is 9.47 Å². The number of nitro benzene ring substituents is 2. The van der Waals surface area contributed by atoms with Crippen LogP contribution in [0.3, 0.4) is 0 Å². The fourth-order valence-electron chi connectivity index (χ4n) is 3.76. The number of non-ortho nitro benzene ring substituents is 2. The van der Waals surface area contributed by atoms with Crippen molar-refractivity contribution in [1.29, 1.82) is 0 Å². The van der Waals surface area contributed by atoms with E-state index in [9.17, 15) is 20.2 Å². The summed E-state index contributed by atoms with van der Waals surface area (Å²) in [5.41, 5.74) is 2.99. The highest BCUT2D eigenvalue weighted by atomic mass is 16.6. The zero-order valence-corrected chi connectivity index (χ0v) is 21.1. The quantitative estimate of drug-likeness (QED) is 0.177. The first-order valence-electron chi connectivity index (χ1n) is 12.3. The molecule has 0 radical (unpaired) electrons. The van der Waals surface area contributed by atoms with Crippen molar-refractivity contribution in [3.63, 3.8) is 0 Å². The van der Waals surface area contributed by atoms with Gasteiger partial charge >= 0.3 is 6.01 Å². The average molecular weight is 521 g/mol. The Morgan fingerprint density at radius 3 is 1.95 bits per heavy atom. The number of imidazole rings is 1. The predicted octanol–water partition coefficient (Wildman–Crippen LogP) is 4.93. The van der Waals surface area contributed by atoms with Crippen molar-refractivity contribution in [2.75, 3.05) is 13.2 Å². The topological polar surface area (TPSA) is 148 Å². The molecule has 0 amide bonds. The standard InChI is InChI=1S/C26H28N6O6/c1-3-18(2)16-30-17-27-23-24(30)28-26(38-15-13-20-6-10-22(11-7-20)32(35)36)29-25(23)37-14-12-19-4-8-21(9-5-19)31(33)34/h4-11,17-18H,3,12-16H2,1-2H3/t18-/m1/s1. The van der Waals surface area contributed by atoms with Crippen molar-refractivity contribution >= 4 is 22.5 Å². The first kappa shape index (κ1) is 26.5. The van der Waals surface area contributed by atoms with Gasteiger partial charge in [0.25, 0.3) is 11.4 Å². The summed E-state index contributed by atoms with van der Waals surface area (Å²) in [6.07, 6.45) is 3.76. The molecule has 198 valence electrons. The number of hydrogen-bond acceptors (Lipinski definition) is 9. The van der Waals surface area contributed by atoms with Gasteiger partial charge in [-0.2, -0.15) is 9.97 Å². The number of nitro groups is 2. The first-order valence-corrected chi connectivity index (χ1v) is 12.3. The fraction of sp³-hybridized carbons (Fsp3) is 0.346. The molecule has 2 aromatic heterocycles. The Kier molecular flexibility index (Phi) is 8.41. The third-order valence-electron chi connectivity index (χ3n) is 6.16. The Balaban J connectivity index is 1.48. The van der Waals surface area contributed by atoms with Crippen LogP contribution in [0.2, 0.25) is 0 Å². The minimum absolute atomic E-state index is 0.0357. The van der Waals surface area contributed by atoms with Gasteiger partial charge in [-0.3, -0.25) is 20.2 Å². The van der Waals surface area contributed by atoms with Crippen LogP contribution in [0.25, 0.3) is 11.2 Å². The molecule has 0 aliphatic carbocycles. The zero-order chi connectivity index (χ0) is 27.1. The maximum Gasteiger partial charge on any atom is 0.321 e. The van der Waals surface area contributed by atoms with Crippen LogP contribution in [-0.4, -0.2) is 42.6 Å². The highest BCUT2D eigenvalue weighted by molar-refractivity contribution is 5.76. The molecule has 38 heavy (non-hydrogen) atoms. The summed E-state index contributed by atoms with van der Waals surface area (Å²) in [7, 11) is 0. The Hall–Kier alpha value is -4.61. The SMILES string of the molecule is CC[C@@H](C)Cn1cnc2c(OCCc3ccc([N+](=O)[O-])cc3)nc(OCCc3ccc([N+](=O)[O-])cc3)nc21. The molecule has 4 aromatic rings. The van der Waals surface area contributed by atoms with Gasteiger partial charge in [-0.1, -0.05) is 44.5 Å². The lowest BCUT2D eigenvalue weighted by molar-refractivity contribution is -0.385. The maximum atomic E-state index is 10.9. The summed E-state index contributed by atoms with van der Waals surface area (Å²) in [4.78, 5) is 34.4. The second-order valence-electron chi connectivity index (χ2n) is 8.94. The van der Waals surface area contributed by atoms with E-state index < -0.39 is 9.85 Å². The number of nitrogens with zero attached hydrogens (tertiary/aromatic N) is 6. The van der Waals surface area contributed by atoms with E-state index in [0.29, 0.717) is 35.8 Å². The average Bonchev–Trinajstić information content (AvgIpc) is 3.31. The summed E-state index contributed by atoms with van der Waals surface area (Å²) < 4.78 is 13.8. The van der Waals surface area contributed by atoms with Crippen LogP contribution >= 0.6 is 0 Å². The molecule has 1 atom stereocenters. The molecule has 0 unspecified atom stereocenters. The van der Waals surface area contributed by atoms with E-state index in [1.165, 1.54) is 24.3 Å². The maximum absolute atomic E-state index is 10.9. The van der Waals surface area contributed by atoms with Crippen LogP contribution in [0.4, 0.5) is 11.4 Å². The summed E-state index contributed by atoms with van der Waals surface area (Å²) in [6.45, 7) is 5.55. The van der Waals surface area contributed by atoms with Gasteiger partial charge in [0, 0.05) is 43.7 Å². The minimum Gasteiger partial charge on any atom is -0.476 e. The highest BCUT2D eigenvalue weighted by Crippen LogP contribution is 2.25. The van der Waals surface area contributed by atoms with Gasteiger partial charge in [0.1, 0.15) is 0 Å². The number of aromatic nitrogens is 4. The molecule has 12 nitrogen and oxygen atoms in total. The Bertz CT molecular complexity index is 1400. The zero-order valence-electron chi connectivity index (χ0n) is 21.1. The fourth-order valence-corrected chi connectivity index (χ4v) is 3.76. The van der Waals surface area contributed by atoms with Crippen molar-refractivity contribution in [3.8, 4) is 11.9 Å². The molecule has 0 spiro atoms. The largest absolute Gasteiger partial charge is 0.476 e. The van der Waals surface area contributed by atoms with E-state index in [1.54, 1.807) is 30.6 Å². The van der Waals surface area contributed by atoms with Crippen LogP contribution in [0.1, 0.15) is 31.4 Å². The van der Waals surface area contributed by atoms with Crippen molar-refractivity contribution in [1.82, 2.24) is 19.5 Å². The number of benzene rings is 2. The Morgan fingerprint density at radius 1 is 0.868 bits per heavy atom. The molecule has 0 bridgehead atoms. The second kappa shape index (κ2) is 12.1.